The van der Waals surface area contributed by atoms with Gasteiger partial charge in [-0.15, -0.1) is 0 Å². The second kappa shape index (κ2) is 7.05. The molecule has 1 aliphatic heterocycles. The van der Waals surface area contributed by atoms with E-state index < -0.39 is 0 Å². The number of hydrogen-bond acceptors (Lipinski definition) is 3. The Balaban J connectivity index is 1.76. The number of amides is 1. The Hall–Kier alpha value is -1.39. The molecular weight excluding hydrogens is 262 g/mol. The van der Waals surface area contributed by atoms with Gasteiger partial charge in [0.05, 0.1) is 0 Å². The predicted octanol–water partition coefficient (Wildman–Crippen LogP) is 2.47. The van der Waals surface area contributed by atoms with Crippen LogP contribution in [0.5, 0.6) is 0 Å². The molecule has 1 heterocycles. The highest BCUT2D eigenvalue weighted by Crippen LogP contribution is 2.29. The smallest absolute Gasteiger partial charge is 0.221 e. The molecule has 4 heteroatoms. The molecule has 1 aromatic carbocycles. The van der Waals surface area contributed by atoms with Crippen molar-refractivity contribution in [2.24, 2.45) is 5.41 Å². The number of carbonyl (C=O) groups excluding carboxylic acids is 1. The molecule has 1 amide bonds. The van der Waals surface area contributed by atoms with Crippen molar-refractivity contribution in [1.29, 1.82) is 0 Å². The van der Waals surface area contributed by atoms with Crippen LogP contribution in [-0.4, -0.2) is 37.5 Å². The molecule has 21 heavy (non-hydrogen) atoms. The molecule has 1 fully saturated rings. The first-order valence-corrected chi connectivity index (χ1v) is 7.73. The van der Waals surface area contributed by atoms with Gasteiger partial charge in [0.1, 0.15) is 0 Å². The lowest BCUT2D eigenvalue weighted by atomic mass is 9.80. The number of hydrogen-bond donors (Lipinski definition) is 2. The fourth-order valence-corrected chi connectivity index (χ4v) is 2.75. The third-order valence-corrected chi connectivity index (χ3v) is 4.35. The summed E-state index contributed by atoms with van der Waals surface area (Å²) in [6.07, 6.45) is 2.52. The van der Waals surface area contributed by atoms with Crippen molar-refractivity contribution < 1.29 is 4.79 Å². The van der Waals surface area contributed by atoms with E-state index in [2.05, 4.69) is 41.6 Å². The van der Waals surface area contributed by atoms with Crippen LogP contribution in [0.3, 0.4) is 0 Å². The Morgan fingerprint density at radius 2 is 1.86 bits per heavy atom. The summed E-state index contributed by atoms with van der Waals surface area (Å²) in [7, 11) is 2.20. The fraction of sp³-hybridized carbons (Fsp3) is 0.588. The van der Waals surface area contributed by atoms with Crippen LogP contribution >= 0.6 is 0 Å². The number of anilines is 1. The van der Waals surface area contributed by atoms with Crippen LogP contribution in [-0.2, 0) is 11.3 Å². The molecule has 0 bridgehead atoms. The average Bonchev–Trinajstić information content (AvgIpc) is 2.44. The first-order chi connectivity index (χ1) is 9.97. The Morgan fingerprint density at radius 3 is 2.43 bits per heavy atom. The van der Waals surface area contributed by atoms with Gasteiger partial charge in [-0.3, -0.25) is 4.79 Å². The molecule has 1 aromatic rings. The average molecular weight is 289 g/mol. The third kappa shape index (κ3) is 5.14. The molecule has 1 aliphatic rings. The van der Waals surface area contributed by atoms with Crippen molar-refractivity contribution in [2.75, 3.05) is 32.0 Å². The van der Waals surface area contributed by atoms with Gasteiger partial charge in [0, 0.05) is 25.7 Å². The zero-order valence-electron chi connectivity index (χ0n) is 13.4. The standard InChI is InChI=1S/C17H27N3O/c1-14(21)19-16-6-4-15(5-7-16)12-18-13-17(2)8-10-20(3)11-9-17/h4-7,18H,8-13H2,1-3H3,(H,19,21). The van der Waals surface area contributed by atoms with Crippen molar-refractivity contribution >= 4 is 11.6 Å². The summed E-state index contributed by atoms with van der Waals surface area (Å²) in [6, 6.07) is 8.04. The highest BCUT2D eigenvalue weighted by Gasteiger charge is 2.28. The number of carbonyl (C=O) groups is 1. The number of benzene rings is 1. The maximum atomic E-state index is 11.0. The normalized spacial score (nSPS) is 18.4. The van der Waals surface area contributed by atoms with Crippen molar-refractivity contribution in [3.05, 3.63) is 29.8 Å². The molecule has 2 N–H and O–H groups in total. The fourth-order valence-electron chi connectivity index (χ4n) is 2.75. The molecule has 0 radical (unpaired) electrons. The van der Waals surface area contributed by atoms with Crippen molar-refractivity contribution in [1.82, 2.24) is 10.2 Å². The summed E-state index contributed by atoms with van der Waals surface area (Å²) in [5.74, 6) is -0.0314. The van der Waals surface area contributed by atoms with Gasteiger partial charge < -0.3 is 15.5 Å². The molecule has 2 rings (SSSR count). The molecule has 0 unspecified atom stereocenters. The lowest BCUT2D eigenvalue weighted by Crippen LogP contribution is -2.41. The number of likely N-dealkylation sites (tertiary alicyclic amines) is 1. The van der Waals surface area contributed by atoms with Gasteiger partial charge in [0.15, 0.2) is 0 Å². The molecule has 0 spiro atoms. The number of nitrogens with one attached hydrogen (secondary N) is 2. The first kappa shape index (κ1) is 16.0. The van der Waals surface area contributed by atoms with Crippen molar-refractivity contribution in [3.8, 4) is 0 Å². The molecule has 116 valence electrons. The summed E-state index contributed by atoms with van der Waals surface area (Å²) >= 11 is 0. The Morgan fingerprint density at radius 1 is 1.24 bits per heavy atom. The van der Waals surface area contributed by atoms with Crippen LogP contribution in [0.1, 0.15) is 32.3 Å². The van der Waals surface area contributed by atoms with Gasteiger partial charge in [-0.25, -0.2) is 0 Å². The summed E-state index contributed by atoms with van der Waals surface area (Å²) in [6.45, 7) is 8.25. The predicted molar refractivity (Wildman–Crippen MR) is 87.3 cm³/mol. The minimum atomic E-state index is -0.0314. The summed E-state index contributed by atoms with van der Waals surface area (Å²) < 4.78 is 0. The zero-order valence-corrected chi connectivity index (χ0v) is 13.4. The molecule has 0 aliphatic carbocycles. The van der Waals surface area contributed by atoms with Crippen molar-refractivity contribution in [3.63, 3.8) is 0 Å². The van der Waals surface area contributed by atoms with Gasteiger partial charge >= 0.3 is 0 Å². The van der Waals surface area contributed by atoms with Gasteiger partial charge in [-0.05, 0) is 56.1 Å². The number of rotatable bonds is 5. The maximum absolute atomic E-state index is 11.0. The highest BCUT2D eigenvalue weighted by molar-refractivity contribution is 5.88. The topological polar surface area (TPSA) is 44.4 Å². The van der Waals surface area contributed by atoms with Crippen LogP contribution in [0, 0.1) is 5.41 Å². The summed E-state index contributed by atoms with van der Waals surface area (Å²) in [4.78, 5) is 13.4. The van der Waals surface area contributed by atoms with E-state index in [1.54, 1.807) is 0 Å². The van der Waals surface area contributed by atoms with Gasteiger partial charge in [-0.2, -0.15) is 0 Å². The second-order valence-corrected chi connectivity index (χ2v) is 6.60. The van der Waals surface area contributed by atoms with Crippen LogP contribution in [0.4, 0.5) is 5.69 Å². The van der Waals surface area contributed by atoms with Crippen LogP contribution in [0.2, 0.25) is 0 Å². The quantitative estimate of drug-likeness (QED) is 0.875. The minimum Gasteiger partial charge on any atom is -0.326 e. The van der Waals surface area contributed by atoms with Crippen molar-refractivity contribution in [2.45, 2.75) is 33.2 Å². The molecule has 0 aromatic heterocycles. The van der Waals surface area contributed by atoms with E-state index in [0.29, 0.717) is 5.41 Å². The molecule has 0 atom stereocenters. The van der Waals surface area contributed by atoms with E-state index in [1.807, 2.05) is 12.1 Å². The van der Waals surface area contributed by atoms with E-state index >= 15 is 0 Å². The summed E-state index contributed by atoms with van der Waals surface area (Å²) in [5.41, 5.74) is 2.52. The molecular formula is C17H27N3O. The van der Waals surface area contributed by atoms with E-state index in [4.69, 9.17) is 0 Å². The Bertz CT molecular complexity index is 461. The number of piperidine rings is 1. The van der Waals surface area contributed by atoms with E-state index in [9.17, 15) is 4.79 Å². The minimum absolute atomic E-state index is 0.0314. The van der Waals surface area contributed by atoms with Gasteiger partial charge in [0.2, 0.25) is 5.91 Å². The van der Waals surface area contributed by atoms with Gasteiger partial charge in [-0.1, -0.05) is 19.1 Å². The summed E-state index contributed by atoms with van der Waals surface area (Å²) in [5, 5.41) is 6.37. The molecule has 0 saturated carbocycles. The van der Waals surface area contributed by atoms with E-state index in [1.165, 1.54) is 38.4 Å². The largest absolute Gasteiger partial charge is 0.326 e. The second-order valence-electron chi connectivity index (χ2n) is 6.60. The highest BCUT2D eigenvalue weighted by atomic mass is 16.1. The lowest BCUT2D eigenvalue weighted by molar-refractivity contribution is -0.114. The molecule has 4 nitrogen and oxygen atoms in total. The van der Waals surface area contributed by atoms with Crippen LogP contribution < -0.4 is 10.6 Å². The van der Waals surface area contributed by atoms with E-state index in [0.717, 1.165) is 18.8 Å². The maximum Gasteiger partial charge on any atom is 0.221 e. The van der Waals surface area contributed by atoms with Crippen LogP contribution in [0.15, 0.2) is 24.3 Å². The van der Waals surface area contributed by atoms with E-state index in [-0.39, 0.29) is 5.91 Å². The SMILES string of the molecule is CC(=O)Nc1ccc(CNCC2(C)CCN(C)CC2)cc1. The zero-order chi connectivity index (χ0) is 15.3. The van der Waals surface area contributed by atoms with Crippen LogP contribution in [0.25, 0.3) is 0 Å². The Labute approximate surface area is 127 Å². The number of nitrogens with zero attached hydrogens (tertiary/aromatic N) is 1. The molecule has 1 saturated heterocycles. The monoisotopic (exact) mass is 289 g/mol. The lowest BCUT2D eigenvalue weighted by Gasteiger charge is -2.38. The first-order valence-electron chi connectivity index (χ1n) is 7.73. The van der Waals surface area contributed by atoms with Gasteiger partial charge in [0.25, 0.3) is 0 Å². The Kier molecular flexibility index (Phi) is 5.37. The third-order valence-electron chi connectivity index (χ3n) is 4.35.